The molecule has 2 aromatic rings. The molecule has 4 nitrogen and oxygen atoms in total. The lowest BCUT2D eigenvalue weighted by Gasteiger charge is -2.16. The molecule has 1 N–H and O–H groups in total. The van der Waals surface area contributed by atoms with E-state index in [0.717, 1.165) is 11.3 Å². The number of carbonyl (C=O) groups excluding carboxylic acids is 1. The number of amides is 1. The summed E-state index contributed by atoms with van der Waals surface area (Å²) in [5.74, 6) is 0.0901. The Morgan fingerprint density at radius 1 is 1.26 bits per heavy atom. The molecule has 0 aromatic heterocycles. The standard InChI is InChI=1S/C17H18ClFN2O2/c1-21(10-12-3-6-14(23-2)7-4-12)11-17(22)20-13-5-8-16(19)15(18)9-13/h3-9H,10-11H2,1-2H3,(H,20,22). The summed E-state index contributed by atoms with van der Waals surface area (Å²) in [6.07, 6.45) is 0. The molecule has 0 saturated heterocycles. The lowest BCUT2D eigenvalue weighted by Crippen LogP contribution is -2.29. The Morgan fingerprint density at radius 2 is 1.96 bits per heavy atom. The van der Waals surface area contributed by atoms with Gasteiger partial charge in [-0.2, -0.15) is 0 Å². The number of anilines is 1. The van der Waals surface area contributed by atoms with Crippen LogP contribution in [0.2, 0.25) is 5.02 Å². The van der Waals surface area contributed by atoms with Gasteiger partial charge in [0.05, 0.1) is 18.7 Å². The van der Waals surface area contributed by atoms with E-state index < -0.39 is 5.82 Å². The lowest BCUT2D eigenvalue weighted by atomic mass is 10.2. The monoisotopic (exact) mass is 336 g/mol. The molecule has 0 fully saturated rings. The van der Waals surface area contributed by atoms with E-state index in [1.807, 2.05) is 36.2 Å². The Bertz CT molecular complexity index is 677. The van der Waals surface area contributed by atoms with Crippen molar-refractivity contribution >= 4 is 23.2 Å². The van der Waals surface area contributed by atoms with Crippen LogP contribution in [0.5, 0.6) is 5.75 Å². The van der Waals surface area contributed by atoms with Crippen molar-refractivity contribution in [2.24, 2.45) is 0 Å². The summed E-state index contributed by atoms with van der Waals surface area (Å²) < 4.78 is 18.2. The number of carbonyl (C=O) groups is 1. The maximum absolute atomic E-state index is 13.1. The highest BCUT2D eigenvalue weighted by molar-refractivity contribution is 6.31. The van der Waals surface area contributed by atoms with Gasteiger partial charge >= 0.3 is 0 Å². The number of nitrogens with zero attached hydrogens (tertiary/aromatic N) is 1. The minimum atomic E-state index is -0.513. The van der Waals surface area contributed by atoms with Gasteiger partial charge in [-0.05, 0) is 42.9 Å². The number of benzene rings is 2. The molecular formula is C17H18ClFN2O2. The SMILES string of the molecule is COc1ccc(CN(C)CC(=O)Nc2ccc(F)c(Cl)c2)cc1. The fourth-order valence-corrected chi connectivity index (χ4v) is 2.30. The smallest absolute Gasteiger partial charge is 0.238 e. The third-order valence-electron chi connectivity index (χ3n) is 3.23. The highest BCUT2D eigenvalue weighted by Crippen LogP contribution is 2.19. The van der Waals surface area contributed by atoms with Crippen molar-refractivity contribution in [2.75, 3.05) is 26.0 Å². The molecule has 23 heavy (non-hydrogen) atoms. The molecule has 0 aliphatic carbocycles. The fourth-order valence-electron chi connectivity index (χ4n) is 2.12. The molecule has 2 rings (SSSR count). The Balaban J connectivity index is 1.87. The molecule has 0 aliphatic rings. The van der Waals surface area contributed by atoms with E-state index in [2.05, 4.69) is 5.32 Å². The molecule has 0 atom stereocenters. The molecular weight excluding hydrogens is 319 g/mol. The van der Waals surface area contributed by atoms with Crippen LogP contribution >= 0.6 is 11.6 Å². The Morgan fingerprint density at radius 3 is 2.57 bits per heavy atom. The summed E-state index contributed by atoms with van der Waals surface area (Å²) in [5.41, 5.74) is 1.55. The highest BCUT2D eigenvalue weighted by Gasteiger charge is 2.09. The quantitative estimate of drug-likeness (QED) is 0.877. The lowest BCUT2D eigenvalue weighted by molar-refractivity contribution is -0.117. The molecule has 0 bridgehead atoms. The Hall–Kier alpha value is -2.11. The average molecular weight is 337 g/mol. The molecule has 0 heterocycles. The molecule has 0 spiro atoms. The zero-order valence-corrected chi connectivity index (χ0v) is 13.7. The number of hydrogen-bond acceptors (Lipinski definition) is 3. The molecule has 0 saturated carbocycles. The number of nitrogens with one attached hydrogen (secondary N) is 1. The summed E-state index contributed by atoms with van der Waals surface area (Å²) in [7, 11) is 3.47. The van der Waals surface area contributed by atoms with Crippen LogP contribution in [0.15, 0.2) is 42.5 Å². The topological polar surface area (TPSA) is 41.6 Å². The van der Waals surface area contributed by atoms with Crippen LogP contribution in [0, 0.1) is 5.82 Å². The second-order valence-corrected chi connectivity index (χ2v) is 5.60. The summed E-state index contributed by atoms with van der Waals surface area (Å²) in [6.45, 7) is 0.836. The second kappa shape index (κ2) is 7.94. The highest BCUT2D eigenvalue weighted by atomic mass is 35.5. The van der Waals surface area contributed by atoms with Gasteiger partial charge in [-0.25, -0.2) is 4.39 Å². The van der Waals surface area contributed by atoms with Crippen LogP contribution in [0.1, 0.15) is 5.56 Å². The first-order chi connectivity index (χ1) is 11.0. The third kappa shape index (κ3) is 5.23. The minimum absolute atomic E-state index is 0.0191. The van der Waals surface area contributed by atoms with Gasteiger partial charge in [0.15, 0.2) is 0 Å². The zero-order chi connectivity index (χ0) is 16.8. The van der Waals surface area contributed by atoms with Gasteiger partial charge in [0.1, 0.15) is 11.6 Å². The molecule has 122 valence electrons. The van der Waals surface area contributed by atoms with E-state index in [0.29, 0.717) is 12.2 Å². The maximum Gasteiger partial charge on any atom is 0.238 e. The van der Waals surface area contributed by atoms with Crippen LogP contribution in [0.3, 0.4) is 0 Å². The number of likely N-dealkylation sites (N-methyl/N-ethyl adjacent to an activating group) is 1. The Labute approximate surface area is 139 Å². The van der Waals surface area contributed by atoms with E-state index >= 15 is 0 Å². The Kier molecular flexibility index (Phi) is 5.96. The van der Waals surface area contributed by atoms with E-state index in [1.165, 1.54) is 18.2 Å². The van der Waals surface area contributed by atoms with Crippen molar-refractivity contribution in [2.45, 2.75) is 6.54 Å². The summed E-state index contributed by atoms with van der Waals surface area (Å²) in [5, 5.41) is 2.67. The normalized spacial score (nSPS) is 10.7. The van der Waals surface area contributed by atoms with E-state index in [-0.39, 0.29) is 17.5 Å². The van der Waals surface area contributed by atoms with Crippen molar-refractivity contribution in [1.29, 1.82) is 0 Å². The summed E-state index contributed by atoms with van der Waals surface area (Å²) in [4.78, 5) is 13.9. The molecule has 1 amide bonds. The van der Waals surface area contributed by atoms with Gasteiger partial charge in [-0.15, -0.1) is 0 Å². The van der Waals surface area contributed by atoms with Gasteiger partial charge in [-0.3, -0.25) is 9.69 Å². The van der Waals surface area contributed by atoms with Gasteiger partial charge < -0.3 is 10.1 Å². The molecule has 0 unspecified atom stereocenters. The zero-order valence-electron chi connectivity index (χ0n) is 13.0. The summed E-state index contributed by atoms with van der Waals surface area (Å²) >= 11 is 5.69. The number of halogens is 2. The van der Waals surface area contributed by atoms with Crippen LogP contribution in [-0.2, 0) is 11.3 Å². The van der Waals surface area contributed by atoms with Crippen molar-refractivity contribution in [3.63, 3.8) is 0 Å². The van der Waals surface area contributed by atoms with Gasteiger partial charge in [0, 0.05) is 12.2 Å². The van der Waals surface area contributed by atoms with Gasteiger partial charge in [-0.1, -0.05) is 23.7 Å². The fraction of sp³-hybridized carbons (Fsp3) is 0.235. The van der Waals surface area contributed by atoms with Crippen LogP contribution in [0.4, 0.5) is 10.1 Å². The first-order valence-electron chi connectivity index (χ1n) is 7.04. The predicted octanol–water partition coefficient (Wildman–Crippen LogP) is 3.56. The minimum Gasteiger partial charge on any atom is -0.497 e. The van der Waals surface area contributed by atoms with Crippen molar-refractivity contribution < 1.29 is 13.9 Å². The first kappa shape index (κ1) is 17.2. The third-order valence-corrected chi connectivity index (χ3v) is 3.52. The van der Waals surface area contributed by atoms with Crippen LogP contribution < -0.4 is 10.1 Å². The number of hydrogen-bond donors (Lipinski definition) is 1. The van der Waals surface area contributed by atoms with E-state index in [4.69, 9.17) is 16.3 Å². The van der Waals surface area contributed by atoms with Gasteiger partial charge in [0.2, 0.25) is 5.91 Å². The maximum atomic E-state index is 13.1. The van der Waals surface area contributed by atoms with Crippen molar-refractivity contribution in [3.05, 3.63) is 58.9 Å². The van der Waals surface area contributed by atoms with Crippen LogP contribution in [-0.4, -0.2) is 31.5 Å². The number of methoxy groups -OCH3 is 1. The predicted molar refractivity (Wildman–Crippen MR) is 89.4 cm³/mol. The van der Waals surface area contributed by atoms with Gasteiger partial charge in [0.25, 0.3) is 0 Å². The second-order valence-electron chi connectivity index (χ2n) is 5.20. The molecule has 2 aromatic carbocycles. The van der Waals surface area contributed by atoms with E-state index in [9.17, 15) is 9.18 Å². The molecule has 0 radical (unpaired) electrons. The van der Waals surface area contributed by atoms with Crippen LogP contribution in [0.25, 0.3) is 0 Å². The largest absolute Gasteiger partial charge is 0.497 e. The van der Waals surface area contributed by atoms with E-state index in [1.54, 1.807) is 7.11 Å². The molecule has 0 aliphatic heterocycles. The summed E-state index contributed by atoms with van der Waals surface area (Å²) in [6, 6.07) is 11.7. The van der Waals surface area contributed by atoms with Crippen molar-refractivity contribution in [1.82, 2.24) is 4.90 Å². The average Bonchev–Trinajstić information content (AvgIpc) is 2.51. The number of ether oxygens (including phenoxy) is 1. The van der Waals surface area contributed by atoms with Crippen molar-refractivity contribution in [3.8, 4) is 5.75 Å². The molecule has 6 heteroatoms. The first-order valence-corrected chi connectivity index (χ1v) is 7.42. The number of rotatable bonds is 6.